The highest BCUT2D eigenvalue weighted by atomic mass is 32.2. The lowest BCUT2D eigenvalue weighted by molar-refractivity contribution is 0.581. The van der Waals surface area contributed by atoms with Crippen LogP contribution in [0.2, 0.25) is 0 Å². The molecule has 19 heavy (non-hydrogen) atoms. The van der Waals surface area contributed by atoms with Crippen molar-refractivity contribution in [2.75, 3.05) is 6.54 Å². The topological polar surface area (TPSA) is 74.8 Å². The van der Waals surface area contributed by atoms with E-state index in [1.54, 1.807) is 24.4 Å². The number of hydrogen-bond donors (Lipinski definition) is 2. The number of aryl methyl sites for hydroxylation is 2. The van der Waals surface area contributed by atoms with Crippen molar-refractivity contribution in [3.8, 4) is 0 Å². The summed E-state index contributed by atoms with van der Waals surface area (Å²) in [6.45, 7) is 4.07. The van der Waals surface area contributed by atoms with Crippen LogP contribution in [0.4, 0.5) is 0 Å². The fraction of sp³-hybridized carbons (Fsp3) is 0.308. The Hall–Kier alpha value is -1.66. The van der Waals surface area contributed by atoms with E-state index in [0.717, 1.165) is 17.1 Å². The van der Waals surface area contributed by atoms with Gasteiger partial charge in [-0.3, -0.25) is 0 Å². The van der Waals surface area contributed by atoms with Gasteiger partial charge in [-0.2, -0.15) is 0 Å². The van der Waals surface area contributed by atoms with Gasteiger partial charge in [-0.1, -0.05) is 12.1 Å². The van der Waals surface area contributed by atoms with Crippen LogP contribution in [0.5, 0.6) is 0 Å². The molecule has 1 heterocycles. The van der Waals surface area contributed by atoms with Crippen LogP contribution in [-0.2, 0) is 16.4 Å². The standard InChI is InChI=1S/C13H17N3O2S/c1-10-4-3-5-13(8-10)19(17,18)15-7-6-12-9-14-11(2)16-12/h3-5,8-9,15H,6-7H2,1-2H3,(H,14,16). The molecule has 1 aromatic heterocycles. The van der Waals surface area contributed by atoms with Crippen molar-refractivity contribution in [1.82, 2.24) is 14.7 Å². The lowest BCUT2D eigenvalue weighted by Crippen LogP contribution is -2.26. The number of imidazole rings is 1. The van der Waals surface area contributed by atoms with E-state index in [1.165, 1.54) is 0 Å². The molecule has 0 amide bonds. The van der Waals surface area contributed by atoms with Gasteiger partial charge in [0.05, 0.1) is 4.90 Å². The Labute approximate surface area is 113 Å². The van der Waals surface area contributed by atoms with Gasteiger partial charge in [0.15, 0.2) is 0 Å². The molecule has 0 unspecified atom stereocenters. The van der Waals surface area contributed by atoms with E-state index in [2.05, 4.69) is 14.7 Å². The van der Waals surface area contributed by atoms with Gasteiger partial charge < -0.3 is 4.98 Å². The molecule has 2 N–H and O–H groups in total. The normalized spacial score (nSPS) is 11.7. The van der Waals surface area contributed by atoms with E-state index in [0.29, 0.717) is 17.9 Å². The number of sulfonamides is 1. The third-order valence-corrected chi connectivity index (χ3v) is 4.20. The Morgan fingerprint density at radius 3 is 2.74 bits per heavy atom. The molecule has 0 aliphatic heterocycles. The highest BCUT2D eigenvalue weighted by Crippen LogP contribution is 2.10. The van der Waals surface area contributed by atoms with Crippen LogP contribution in [0.1, 0.15) is 17.1 Å². The molecular weight excluding hydrogens is 262 g/mol. The van der Waals surface area contributed by atoms with Crippen molar-refractivity contribution < 1.29 is 8.42 Å². The zero-order chi connectivity index (χ0) is 13.9. The van der Waals surface area contributed by atoms with Crippen molar-refractivity contribution in [3.05, 3.63) is 47.5 Å². The molecule has 5 nitrogen and oxygen atoms in total. The van der Waals surface area contributed by atoms with Crippen molar-refractivity contribution >= 4 is 10.0 Å². The van der Waals surface area contributed by atoms with Crippen molar-refractivity contribution in [2.24, 2.45) is 0 Å². The first kappa shape index (κ1) is 13.8. The molecule has 0 spiro atoms. The Morgan fingerprint density at radius 2 is 2.11 bits per heavy atom. The molecule has 102 valence electrons. The number of H-pyrrole nitrogens is 1. The predicted molar refractivity (Wildman–Crippen MR) is 73.4 cm³/mol. The number of hydrogen-bond acceptors (Lipinski definition) is 3. The molecule has 0 radical (unpaired) electrons. The fourth-order valence-corrected chi connectivity index (χ4v) is 2.92. The van der Waals surface area contributed by atoms with Crippen molar-refractivity contribution in [2.45, 2.75) is 25.2 Å². The summed E-state index contributed by atoms with van der Waals surface area (Å²) in [5, 5.41) is 0. The third-order valence-electron chi connectivity index (χ3n) is 2.74. The minimum Gasteiger partial charge on any atom is -0.346 e. The monoisotopic (exact) mass is 279 g/mol. The minimum absolute atomic E-state index is 0.299. The van der Waals surface area contributed by atoms with Gasteiger partial charge in [-0.05, 0) is 31.5 Å². The van der Waals surface area contributed by atoms with Gasteiger partial charge in [0, 0.05) is 24.9 Å². The van der Waals surface area contributed by atoms with Crippen LogP contribution in [0.15, 0.2) is 35.4 Å². The van der Waals surface area contributed by atoms with Gasteiger partial charge >= 0.3 is 0 Å². The molecule has 0 atom stereocenters. The molecule has 0 bridgehead atoms. The van der Waals surface area contributed by atoms with Crippen molar-refractivity contribution in [1.29, 1.82) is 0 Å². The summed E-state index contributed by atoms with van der Waals surface area (Å²) in [5.41, 5.74) is 1.84. The Kier molecular flexibility index (Phi) is 4.01. The number of nitrogens with one attached hydrogen (secondary N) is 2. The van der Waals surface area contributed by atoms with Gasteiger partial charge in [0.2, 0.25) is 10.0 Å². The summed E-state index contributed by atoms with van der Waals surface area (Å²) < 4.78 is 26.7. The SMILES string of the molecule is Cc1cccc(S(=O)(=O)NCCc2cnc(C)[nH]2)c1. The zero-order valence-corrected chi connectivity index (χ0v) is 11.8. The average Bonchev–Trinajstić information content (AvgIpc) is 2.75. The maximum absolute atomic E-state index is 12.0. The molecule has 2 aromatic rings. The second kappa shape index (κ2) is 5.54. The second-order valence-corrected chi connectivity index (χ2v) is 6.23. The van der Waals surface area contributed by atoms with E-state index >= 15 is 0 Å². The highest BCUT2D eigenvalue weighted by Gasteiger charge is 2.13. The van der Waals surface area contributed by atoms with Crippen LogP contribution >= 0.6 is 0 Å². The first-order chi connectivity index (χ1) is 8.97. The Morgan fingerprint density at radius 1 is 1.32 bits per heavy atom. The molecule has 6 heteroatoms. The van der Waals surface area contributed by atoms with Gasteiger partial charge in [0.1, 0.15) is 5.82 Å². The number of aromatic amines is 1. The largest absolute Gasteiger partial charge is 0.346 e. The van der Waals surface area contributed by atoms with Crippen LogP contribution < -0.4 is 4.72 Å². The highest BCUT2D eigenvalue weighted by molar-refractivity contribution is 7.89. The Balaban J connectivity index is 1.98. The lowest BCUT2D eigenvalue weighted by atomic mass is 10.2. The summed E-state index contributed by atoms with van der Waals surface area (Å²) in [5.74, 6) is 0.830. The molecule has 0 saturated heterocycles. The van der Waals surface area contributed by atoms with E-state index < -0.39 is 10.0 Å². The maximum atomic E-state index is 12.0. The summed E-state index contributed by atoms with van der Waals surface area (Å²) in [6, 6.07) is 6.85. The molecular formula is C13H17N3O2S. The minimum atomic E-state index is -3.43. The predicted octanol–water partition coefficient (Wildman–Crippen LogP) is 1.55. The molecule has 0 saturated carbocycles. The molecule has 2 rings (SSSR count). The van der Waals surface area contributed by atoms with E-state index in [4.69, 9.17) is 0 Å². The summed E-state index contributed by atoms with van der Waals surface area (Å²) >= 11 is 0. The number of aromatic nitrogens is 2. The fourth-order valence-electron chi connectivity index (χ4n) is 1.78. The maximum Gasteiger partial charge on any atom is 0.240 e. The second-order valence-electron chi connectivity index (χ2n) is 4.46. The van der Waals surface area contributed by atoms with Crippen LogP contribution in [0.3, 0.4) is 0 Å². The van der Waals surface area contributed by atoms with Crippen LogP contribution in [0.25, 0.3) is 0 Å². The molecule has 0 fully saturated rings. The average molecular weight is 279 g/mol. The van der Waals surface area contributed by atoms with Gasteiger partial charge in [-0.15, -0.1) is 0 Å². The smallest absolute Gasteiger partial charge is 0.240 e. The molecule has 1 aromatic carbocycles. The van der Waals surface area contributed by atoms with E-state index in [-0.39, 0.29) is 0 Å². The first-order valence-electron chi connectivity index (χ1n) is 6.04. The zero-order valence-electron chi connectivity index (χ0n) is 11.0. The number of benzene rings is 1. The first-order valence-corrected chi connectivity index (χ1v) is 7.52. The summed E-state index contributed by atoms with van der Waals surface area (Å²) in [4.78, 5) is 7.43. The van der Waals surface area contributed by atoms with Gasteiger partial charge in [-0.25, -0.2) is 18.1 Å². The molecule has 0 aliphatic rings. The lowest BCUT2D eigenvalue weighted by Gasteiger charge is -2.06. The summed E-state index contributed by atoms with van der Waals surface area (Å²) in [6.07, 6.45) is 2.31. The van der Waals surface area contributed by atoms with Crippen molar-refractivity contribution in [3.63, 3.8) is 0 Å². The quantitative estimate of drug-likeness (QED) is 0.872. The number of rotatable bonds is 5. The number of nitrogens with zero attached hydrogens (tertiary/aromatic N) is 1. The summed E-state index contributed by atoms with van der Waals surface area (Å²) in [7, 11) is -3.43. The molecule has 0 aliphatic carbocycles. The van der Waals surface area contributed by atoms with E-state index in [1.807, 2.05) is 19.9 Å². The van der Waals surface area contributed by atoms with Gasteiger partial charge in [0.25, 0.3) is 0 Å². The van der Waals surface area contributed by atoms with E-state index in [9.17, 15) is 8.42 Å². The van der Waals surface area contributed by atoms with Crippen LogP contribution in [-0.4, -0.2) is 24.9 Å². The third kappa shape index (κ3) is 3.65. The Bertz CT molecular complexity index is 662. The van der Waals surface area contributed by atoms with Crippen LogP contribution in [0, 0.1) is 13.8 Å².